The number of halogens is 4. The molecule has 1 saturated heterocycles. The maximum Gasteiger partial charge on any atom is 0.387 e. The lowest BCUT2D eigenvalue weighted by Crippen LogP contribution is -2.40. The Labute approximate surface area is 290 Å². The number of esters is 1. The van der Waals surface area contributed by atoms with Crippen LogP contribution >= 0.6 is 35.0 Å². The van der Waals surface area contributed by atoms with Crippen LogP contribution in [0.3, 0.4) is 0 Å². The fraction of sp³-hybridized carbons (Fsp3) is 0.344. The first-order chi connectivity index (χ1) is 23.0. The van der Waals surface area contributed by atoms with Crippen molar-refractivity contribution >= 4 is 51.0 Å². The summed E-state index contributed by atoms with van der Waals surface area (Å²) in [7, 11) is -2.31. The van der Waals surface area contributed by atoms with Crippen molar-refractivity contribution in [1.82, 2.24) is 14.1 Å². The Bertz CT molecular complexity index is 1870. The molecular formula is C32H31Cl2F2N4O6S2+. The minimum Gasteiger partial charge on any atom is -0.489 e. The van der Waals surface area contributed by atoms with Gasteiger partial charge in [0.1, 0.15) is 16.1 Å². The van der Waals surface area contributed by atoms with Crippen LogP contribution in [-0.2, 0) is 33.0 Å². The van der Waals surface area contributed by atoms with E-state index in [9.17, 15) is 22.0 Å². The number of alkyl halides is 2. The van der Waals surface area contributed by atoms with Gasteiger partial charge < -0.3 is 14.2 Å². The summed E-state index contributed by atoms with van der Waals surface area (Å²) in [4.78, 5) is 16.7. The third-order valence-corrected chi connectivity index (χ3v) is 11.8. The van der Waals surface area contributed by atoms with Crippen molar-refractivity contribution in [2.75, 3.05) is 18.9 Å². The molecule has 2 aromatic carbocycles. The maximum atomic E-state index is 13.9. The van der Waals surface area contributed by atoms with Crippen LogP contribution in [0.1, 0.15) is 30.1 Å². The summed E-state index contributed by atoms with van der Waals surface area (Å²) in [6, 6.07) is 12.4. The van der Waals surface area contributed by atoms with Crippen molar-refractivity contribution in [3.63, 3.8) is 0 Å². The first kappa shape index (κ1) is 34.4. The number of hydrogen-bond acceptors (Lipinski definition) is 8. The van der Waals surface area contributed by atoms with E-state index in [0.29, 0.717) is 35.1 Å². The number of carbonyl (C=O) groups is 1. The molecule has 1 aliphatic heterocycles. The number of benzene rings is 2. The average Bonchev–Trinajstić information content (AvgIpc) is 3.55. The molecule has 0 spiro atoms. The van der Waals surface area contributed by atoms with Crippen molar-refractivity contribution < 1.29 is 41.2 Å². The van der Waals surface area contributed by atoms with E-state index in [1.54, 1.807) is 30.1 Å². The summed E-state index contributed by atoms with van der Waals surface area (Å²) in [6.45, 7) is -2.68. The Morgan fingerprint density at radius 3 is 2.46 bits per heavy atom. The van der Waals surface area contributed by atoms with Crippen LogP contribution in [-0.4, -0.2) is 59.4 Å². The van der Waals surface area contributed by atoms with Gasteiger partial charge in [-0.2, -0.15) is 18.2 Å². The molecule has 2 fully saturated rings. The molecule has 3 heterocycles. The number of rotatable bonds is 13. The first-order valence-electron chi connectivity index (χ1n) is 15.0. The molecule has 4 aromatic rings. The second-order valence-electron chi connectivity index (χ2n) is 11.3. The number of ether oxygens (including phenoxy) is 3. The molecule has 0 unspecified atom stereocenters. The van der Waals surface area contributed by atoms with Crippen molar-refractivity contribution in [3.8, 4) is 22.8 Å². The van der Waals surface area contributed by atoms with Crippen molar-refractivity contribution in [2.45, 2.75) is 42.2 Å². The molecule has 0 bridgehead atoms. The van der Waals surface area contributed by atoms with Crippen LogP contribution in [0.5, 0.6) is 11.5 Å². The van der Waals surface area contributed by atoms with Crippen LogP contribution in [0.2, 0.25) is 10.0 Å². The van der Waals surface area contributed by atoms with Gasteiger partial charge in [-0.1, -0.05) is 41.4 Å². The van der Waals surface area contributed by atoms with Gasteiger partial charge in [0.25, 0.3) is 0 Å². The number of hydrogen-bond donors (Lipinski definition) is 0. The van der Waals surface area contributed by atoms with E-state index in [1.165, 1.54) is 42.7 Å². The second-order valence-corrected chi connectivity index (χ2v) is 15.2. The number of nitrogens with one attached hydrogen (secondary N) is 1. The minimum atomic E-state index is -4.10. The Morgan fingerprint density at radius 2 is 1.81 bits per heavy atom. The predicted molar refractivity (Wildman–Crippen MR) is 176 cm³/mol. The number of sulfonamides is 1. The van der Waals surface area contributed by atoms with Crippen LogP contribution in [0, 0.1) is 5.92 Å². The highest BCUT2D eigenvalue weighted by atomic mass is 35.5. The van der Waals surface area contributed by atoms with Gasteiger partial charge in [0.15, 0.2) is 29.3 Å². The highest BCUT2D eigenvalue weighted by Crippen LogP contribution is 2.39. The molecule has 48 heavy (non-hydrogen) atoms. The number of aromatic amines is 1. The molecule has 2 aromatic heterocycles. The molecule has 10 nitrogen and oxygen atoms in total. The van der Waals surface area contributed by atoms with Gasteiger partial charge >= 0.3 is 12.6 Å². The quantitative estimate of drug-likeness (QED) is 0.149. The molecule has 1 aliphatic carbocycles. The summed E-state index contributed by atoms with van der Waals surface area (Å²) in [5.74, 6) is -0.228. The topological polar surface area (TPSA) is 114 Å². The standard InChI is InChI=1S/C32H30Cl2F2N4O6S2/c1-39-11-10-26(38-39)20-4-7-22(8-5-20)48(42,43)40-12-13-47-30(40)31(41)45-28(15-23-24(33)16-37-17-25(23)34)21-6-9-27(46-32(35)36)29(14-21)44-18-19-2-3-19/h4-11,14,16-17,19,28,30,32H,2-3,12-13,15,18H2,1H3/p+1/t28-,30-/m0/s1. The number of H-pyrrole nitrogens is 1. The summed E-state index contributed by atoms with van der Waals surface area (Å²) in [5.41, 5.74) is 2.28. The van der Waals surface area contributed by atoms with Crippen molar-refractivity contribution in [2.24, 2.45) is 13.0 Å². The second kappa shape index (κ2) is 14.6. The lowest BCUT2D eigenvalue weighted by atomic mass is 10.0. The van der Waals surface area contributed by atoms with E-state index in [1.807, 2.05) is 6.07 Å². The van der Waals surface area contributed by atoms with Gasteiger partial charge in [0.2, 0.25) is 10.0 Å². The van der Waals surface area contributed by atoms with Gasteiger partial charge in [-0.3, -0.25) is 4.68 Å². The normalized spacial score (nSPS) is 17.4. The number of pyridine rings is 1. The Morgan fingerprint density at radius 1 is 1.08 bits per heavy atom. The number of thioether (sulfide) groups is 1. The fourth-order valence-electron chi connectivity index (χ4n) is 5.19. The molecule has 16 heteroatoms. The molecule has 1 saturated carbocycles. The van der Waals surface area contributed by atoms with Gasteiger partial charge in [-0.15, -0.1) is 11.8 Å². The molecule has 1 N–H and O–H groups in total. The van der Waals surface area contributed by atoms with E-state index < -0.39 is 34.1 Å². The summed E-state index contributed by atoms with van der Waals surface area (Å²) in [6.07, 6.45) is 5.71. The number of nitrogens with zero attached hydrogens (tertiary/aromatic N) is 3. The molecule has 254 valence electrons. The monoisotopic (exact) mass is 739 g/mol. The largest absolute Gasteiger partial charge is 0.489 e. The zero-order valence-electron chi connectivity index (χ0n) is 25.5. The molecule has 0 amide bonds. The van der Waals surface area contributed by atoms with Crippen LogP contribution < -0.4 is 14.5 Å². The Kier molecular flexibility index (Phi) is 10.5. The van der Waals surface area contributed by atoms with Gasteiger partial charge in [0, 0.05) is 43.1 Å². The lowest BCUT2D eigenvalue weighted by Gasteiger charge is -2.26. The maximum absolute atomic E-state index is 13.9. The molecule has 2 aliphatic rings. The predicted octanol–water partition coefficient (Wildman–Crippen LogP) is 6.19. The Hall–Kier alpha value is -3.43. The zero-order valence-corrected chi connectivity index (χ0v) is 28.7. The van der Waals surface area contributed by atoms with Gasteiger partial charge in [-0.05, 0) is 54.7 Å². The number of aromatic nitrogens is 3. The highest BCUT2D eigenvalue weighted by molar-refractivity contribution is 8.02. The van der Waals surface area contributed by atoms with E-state index in [-0.39, 0.29) is 39.4 Å². The van der Waals surface area contributed by atoms with Crippen LogP contribution in [0.25, 0.3) is 11.3 Å². The summed E-state index contributed by atoms with van der Waals surface area (Å²) in [5, 5.41) is 3.72. The lowest BCUT2D eigenvalue weighted by molar-refractivity contribution is -0.377. The molecule has 2 atom stereocenters. The number of aryl methyl sites for hydroxylation is 1. The van der Waals surface area contributed by atoms with E-state index in [2.05, 4.69) is 14.8 Å². The van der Waals surface area contributed by atoms with Gasteiger partial charge in [0.05, 0.1) is 17.2 Å². The third-order valence-electron chi connectivity index (χ3n) is 7.89. The van der Waals surface area contributed by atoms with Gasteiger partial charge in [-0.25, -0.2) is 18.2 Å². The van der Waals surface area contributed by atoms with E-state index in [4.69, 9.17) is 32.7 Å². The molecular weight excluding hydrogens is 709 g/mol. The minimum absolute atomic E-state index is 0.00563. The van der Waals surface area contributed by atoms with Crippen molar-refractivity contribution in [3.05, 3.63) is 88.3 Å². The SMILES string of the molecule is Cn1ccc(-c2ccc(S(=O)(=O)N3CCS[C@H]3C(=O)O[C@@H](Cc3c(Cl)c[nH+]cc3Cl)c3ccc(OC(F)F)c(OCC4CC4)c3)cc2)n1. The average molecular weight is 741 g/mol. The molecule has 0 radical (unpaired) electrons. The Balaban J connectivity index is 1.27. The summed E-state index contributed by atoms with van der Waals surface area (Å²) < 4.78 is 73.3. The van der Waals surface area contributed by atoms with Crippen LogP contribution in [0.4, 0.5) is 8.78 Å². The summed E-state index contributed by atoms with van der Waals surface area (Å²) >= 11 is 14.0. The fourth-order valence-corrected chi connectivity index (χ4v) is 8.77. The third kappa shape index (κ3) is 7.89. The smallest absolute Gasteiger partial charge is 0.387 e. The zero-order chi connectivity index (χ0) is 34.0. The van der Waals surface area contributed by atoms with E-state index >= 15 is 0 Å². The number of carbonyl (C=O) groups excluding carboxylic acids is 1. The van der Waals surface area contributed by atoms with Crippen molar-refractivity contribution in [1.29, 1.82) is 0 Å². The highest BCUT2D eigenvalue weighted by Gasteiger charge is 2.42. The first-order valence-corrected chi connectivity index (χ1v) is 18.2. The van der Waals surface area contributed by atoms with E-state index in [0.717, 1.165) is 34.5 Å². The van der Waals surface area contributed by atoms with Crippen LogP contribution in [0.15, 0.2) is 72.0 Å². The molecule has 6 rings (SSSR count).